The first-order chi connectivity index (χ1) is 18.6. The van der Waals surface area contributed by atoms with Crippen molar-refractivity contribution in [1.29, 1.82) is 0 Å². The van der Waals surface area contributed by atoms with Crippen LogP contribution in [0.2, 0.25) is 0 Å². The molecular formula is C29H28F2N6O2. The number of aromatic nitrogens is 2. The number of rotatable bonds is 5. The molecule has 2 amide bonds. The third-order valence-electron chi connectivity index (χ3n) is 8.06. The van der Waals surface area contributed by atoms with Crippen molar-refractivity contribution in [1.82, 2.24) is 14.9 Å². The van der Waals surface area contributed by atoms with E-state index in [1.807, 2.05) is 32.0 Å². The molecule has 2 aromatic heterocycles. The minimum atomic E-state index is -1.10. The normalized spacial score (nSPS) is 23.6. The Bertz CT molecular complexity index is 1540. The molecule has 0 saturated carbocycles. The molecule has 10 heteroatoms. The maximum atomic E-state index is 14.1. The summed E-state index contributed by atoms with van der Waals surface area (Å²) in [5, 5.41) is 5.75. The summed E-state index contributed by atoms with van der Waals surface area (Å²) in [6, 6.07) is 8.89. The van der Waals surface area contributed by atoms with Crippen molar-refractivity contribution in [3.8, 4) is 0 Å². The van der Waals surface area contributed by atoms with Gasteiger partial charge in [-0.05, 0) is 66.6 Å². The Kier molecular flexibility index (Phi) is 5.83. The number of aliphatic imine (C=N–C) groups is 1. The summed E-state index contributed by atoms with van der Waals surface area (Å²) in [5.41, 5.74) is 2.14. The van der Waals surface area contributed by atoms with Gasteiger partial charge in [-0.3, -0.25) is 19.5 Å². The fourth-order valence-corrected chi connectivity index (χ4v) is 5.91. The molecule has 1 aromatic carbocycles. The molecular weight excluding hydrogens is 502 g/mol. The Hall–Kier alpha value is -4.05. The van der Waals surface area contributed by atoms with E-state index in [0.29, 0.717) is 36.6 Å². The van der Waals surface area contributed by atoms with Gasteiger partial charge in [0, 0.05) is 36.3 Å². The average Bonchev–Trinajstić information content (AvgIpc) is 3.51. The van der Waals surface area contributed by atoms with E-state index in [4.69, 9.17) is 4.99 Å². The lowest BCUT2D eigenvalue weighted by atomic mass is 9.79. The number of anilines is 2. The monoisotopic (exact) mass is 530 g/mol. The molecule has 8 nitrogen and oxygen atoms in total. The van der Waals surface area contributed by atoms with Gasteiger partial charge in [-0.1, -0.05) is 19.9 Å². The smallest absolute Gasteiger partial charge is 0.239 e. The zero-order valence-corrected chi connectivity index (χ0v) is 21.9. The highest BCUT2D eigenvalue weighted by Gasteiger charge is 2.51. The first-order valence-electron chi connectivity index (χ1n) is 12.9. The van der Waals surface area contributed by atoms with Crippen molar-refractivity contribution >= 4 is 29.2 Å². The van der Waals surface area contributed by atoms with Crippen molar-refractivity contribution in [3.63, 3.8) is 0 Å². The van der Waals surface area contributed by atoms with Crippen molar-refractivity contribution in [2.75, 3.05) is 23.7 Å². The van der Waals surface area contributed by atoms with E-state index < -0.39 is 22.7 Å². The zero-order chi connectivity index (χ0) is 27.5. The molecule has 3 aromatic rings. The van der Waals surface area contributed by atoms with E-state index in [-0.39, 0.29) is 24.3 Å². The molecule has 39 heavy (non-hydrogen) atoms. The number of hydrogen-bond acceptors (Lipinski definition) is 6. The second kappa shape index (κ2) is 9.01. The lowest BCUT2D eigenvalue weighted by molar-refractivity contribution is -0.120. The van der Waals surface area contributed by atoms with Crippen molar-refractivity contribution in [3.05, 3.63) is 82.7 Å². The largest absolute Gasteiger partial charge is 0.310 e. The Labute approximate surface area is 224 Å². The van der Waals surface area contributed by atoms with Gasteiger partial charge in [-0.2, -0.15) is 0 Å². The molecule has 2 aliphatic heterocycles. The highest BCUT2D eigenvalue weighted by Crippen LogP contribution is 2.46. The van der Waals surface area contributed by atoms with Crippen LogP contribution in [0.3, 0.4) is 0 Å². The quantitative estimate of drug-likeness (QED) is 0.520. The predicted octanol–water partition coefficient (Wildman–Crippen LogP) is 3.97. The van der Waals surface area contributed by atoms with Gasteiger partial charge in [0.25, 0.3) is 0 Å². The van der Waals surface area contributed by atoms with Crippen LogP contribution in [0, 0.1) is 17.6 Å². The van der Waals surface area contributed by atoms with Crippen molar-refractivity contribution in [2.45, 2.75) is 44.7 Å². The molecule has 1 spiro atoms. The van der Waals surface area contributed by atoms with Crippen LogP contribution in [0.5, 0.6) is 0 Å². The first-order valence-corrected chi connectivity index (χ1v) is 12.9. The Morgan fingerprint density at radius 1 is 1.13 bits per heavy atom. The fourth-order valence-electron chi connectivity index (χ4n) is 5.91. The van der Waals surface area contributed by atoms with Gasteiger partial charge in [0.05, 0.1) is 12.0 Å². The van der Waals surface area contributed by atoms with E-state index in [1.165, 1.54) is 12.1 Å². The number of pyridine rings is 2. The van der Waals surface area contributed by atoms with Crippen LogP contribution in [-0.4, -0.2) is 45.5 Å². The lowest BCUT2D eigenvalue weighted by Crippen LogP contribution is -2.44. The number of fused-ring (bicyclic) bond motifs is 3. The molecule has 200 valence electrons. The summed E-state index contributed by atoms with van der Waals surface area (Å²) in [5.74, 6) is -0.728. The number of halogens is 2. The highest BCUT2D eigenvalue weighted by atomic mass is 19.1. The summed E-state index contributed by atoms with van der Waals surface area (Å²) in [6.45, 7) is 6.09. The summed E-state index contributed by atoms with van der Waals surface area (Å²) < 4.78 is 28.2. The Morgan fingerprint density at radius 2 is 1.87 bits per heavy atom. The summed E-state index contributed by atoms with van der Waals surface area (Å²) >= 11 is 0. The third kappa shape index (κ3) is 4.19. The minimum Gasteiger partial charge on any atom is -0.310 e. The molecule has 3 aliphatic rings. The van der Waals surface area contributed by atoms with Crippen LogP contribution in [0.15, 0.2) is 53.8 Å². The SMILES string of the molecule is CC(C)C1=N[C@@](C)(c2cc(F)cc(F)c2)N(CC(=O)Nc2cc3c(cn2)CC2(C3)C(=O)Nc3ncccc32)C1. The maximum Gasteiger partial charge on any atom is 0.239 e. The van der Waals surface area contributed by atoms with E-state index in [1.54, 1.807) is 24.2 Å². The molecule has 6 rings (SSSR count). The zero-order valence-electron chi connectivity index (χ0n) is 21.9. The minimum absolute atomic E-state index is 0.0570. The molecule has 2 atom stereocenters. The second-order valence-electron chi connectivity index (χ2n) is 11.0. The molecule has 0 saturated heterocycles. The lowest BCUT2D eigenvalue weighted by Gasteiger charge is -2.33. The van der Waals surface area contributed by atoms with Crippen LogP contribution in [-0.2, 0) is 33.5 Å². The topological polar surface area (TPSA) is 99.6 Å². The summed E-state index contributed by atoms with van der Waals surface area (Å²) in [7, 11) is 0. The number of benzene rings is 1. The Morgan fingerprint density at radius 3 is 2.62 bits per heavy atom. The number of nitrogens with zero attached hydrogens (tertiary/aromatic N) is 4. The van der Waals surface area contributed by atoms with Gasteiger partial charge >= 0.3 is 0 Å². The van der Waals surface area contributed by atoms with Gasteiger partial charge in [-0.15, -0.1) is 0 Å². The summed E-state index contributed by atoms with van der Waals surface area (Å²) in [6.07, 6.45) is 4.36. The van der Waals surface area contributed by atoms with Gasteiger partial charge in [0.15, 0.2) is 0 Å². The molecule has 2 N–H and O–H groups in total. The Balaban J connectivity index is 1.21. The van der Waals surface area contributed by atoms with Crippen LogP contribution >= 0.6 is 0 Å². The highest BCUT2D eigenvalue weighted by molar-refractivity contribution is 6.06. The number of nitrogens with one attached hydrogen (secondary N) is 2. The molecule has 0 fully saturated rings. The number of carbonyl (C=O) groups is 2. The first kappa shape index (κ1) is 25.2. The summed E-state index contributed by atoms with van der Waals surface area (Å²) in [4.78, 5) is 41.5. The van der Waals surface area contributed by atoms with Crippen molar-refractivity contribution < 1.29 is 18.4 Å². The molecule has 1 unspecified atom stereocenters. The van der Waals surface area contributed by atoms with E-state index >= 15 is 0 Å². The van der Waals surface area contributed by atoms with Crippen LogP contribution in [0.25, 0.3) is 0 Å². The average molecular weight is 531 g/mol. The number of carbonyl (C=O) groups excluding carboxylic acids is 2. The maximum absolute atomic E-state index is 14.1. The predicted molar refractivity (Wildman–Crippen MR) is 142 cm³/mol. The van der Waals surface area contributed by atoms with Gasteiger partial charge in [0.2, 0.25) is 11.8 Å². The van der Waals surface area contributed by atoms with E-state index in [2.05, 4.69) is 20.6 Å². The number of amides is 2. The van der Waals surface area contributed by atoms with E-state index in [9.17, 15) is 18.4 Å². The third-order valence-corrected chi connectivity index (χ3v) is 8.06. The van der Waals surface area contributed by atoms with Gasteiger partial charge < -0.3 is 10.6 Å². The van der Waals surface area contributed by atoms with Crippen LogP contribution in [0.1, 0.15) is 43.0 Å². The van der Waals surface area contributed by atoms with Gasteiger partial charge in [0.1, 0.15) is 28.9 Å². The molecule has 0 bridgehead atoms. The second-order valence-corrected chi connectivity index (χ2v) is 11.0. The van der Waals surface area contributed by atoms with Crippen molar-refractivity contribution in [2.24, 2.45) is 10.9 Å². The fraction of sp³-hybridized carbons (Fsp3) is 0.345. The van der Waals surface area contributed by atoms with Gasteiger partial charge in [-0.25, -0.2) is 18.7 Å². The number of hydrogen-bond donors (Lipinski definition) is 2. The van der Waals surface area contributed by atoms with Crippen LogP contribution in [0.4, 0.5) is 20.4 Å². The molecule has 1 aliphatic carbocycles. The van der Waals surface area contributed by atoms with E-state index in [0.717, 1.165) is 28.5 Å². The molecule has 0 radical (unpaired) electrons. The van der Waals surface area contributed by atoms with Crippen LogP contribution < -0.4 is 10.6 Å². The molecule has 4 heterocycles. The standard InChI is InChI=1S/C29H28F2N6O2/c1-16(2)23-14-37(28(3,36-23)19-8-20(30)10-21(31)9-19)15-25(38)34-24-7-17-11-29(12-18(17)13-33-24)22-5-4-6-32-26(22)35-27(29)39/h4-10,13,16H,11-12,14-15H2,1-3H3,(H,32,35,39)(H,33,34,38)/t28-,29?/m1/s1.